The quantitative estimate of drug-likeness (QED) is 0.803. The molecule has 21 heavy (non-hydrogen) atoms. The average Bonchev–Trinajstić information content (AvgIpc) is 2.94. The maximum atomic E-state index is 12.8. The van der Waals surface area contributed by atoms with Gasteiger partial charge >= 0.3 is 0 Å². The van der Waals surface area contributed by atoms with E-state index in [0.717, 1.165) is 17.8 Å². The lowest BCUT2D eigenvalue weighted by Crippen LogP contribution is -2.30. The predicted molar refractivity (Wildman–Crippen MR) is 79.3 cm³/mol. The summed E-state index contributed by atoms with van der Waals surface area (Å²) in [6.07, 6.45) is 0.776. The standard InChI is InChI=1S/C14H17FN4OS/c1-3-12-17-14(19-18-12)21-9(2)13(20)16-8-10-4-6-11(15)7-5-10/h4-7,9H,3,8H2,1-2H3,(H,16,20)(H,17,18,19)/t9-/m1/s1. The molecule has 112 valence electrons. The third-order valence-electron chi connectivity index (χ3n) is 2.88. The van der Waals surface area contributed by atoms with Gasteiger partial charge in [-0.05, 0) is 24.6 Å². The summed E-state index contributed by atoms with van der Waals surface area (Å²) in [6.45, 7) is 4.15. The molecule has 1 aromatic carbocycles. The lowest BCUT2D eigenvalue weighted by atomic mass is 10.2. The summed E-state index contributed by atoms with van der Waals surface area (Å²) >= 11 is 1.30. The molecule has 1 atom stereocenters. The van der Waals surface area contributed by atoms with E-state index in [2.05, 4.69) is 20.5 Å². The van der Waals surface area contributed by atoms with Crippen LogP contribution in [-0.2, 0) is 17.8 Å². The monoisotopic (exact) mass is 308 g/mol. The highest BCUT2D eigenvalue weighted by Crippen LogP contribution is 2.19. The number of nitrogens with one attached hydrogen (secondary N) is 2. The van der Waals surface area contributed by atoms with Crippen LogP contribution in [0.2, 0.25) is 0 Å². The molecule has 2 N–H and O–H groups in total. The van der Waals surface area contributed by atoms with Crippen LogP contribution < -0.4 is 5.32 Å². The first-order valence-corrected chi connectivity index (χ1v) is 7.56. The van der Waals surface area contributed by atoms with Crippen molar-refractivity contribution in [2.24, 2.45) is 0 Å². The fraction of sp³-hybridized carbons (Fsp3) is 0.357. The Morgan fingerprint density at radius 1 is 1.43 bits per heavy atom. The Morgan fingerprint density at radius 3 is 2.76 bits per heavy atom. The maximum Gasteiger partial charge on any atom is 0.233 e. The van der Waals surface area contributed by atoms with E-state index in [1.807, 2.05) is 6.92 Å². The van der Waals surface area contributed by atoms with Gasteiger partial charge in [0.2, 0.25) is 11.1 Å². The highest BCUT2D eigenvalue weighted by molar-refractivity contribution is 8.00. The number of H-pyrrole nitrogens is 1. The van der Waals surface area contributed by atoms with Crippen molar-refractivity contribution in [3.05, 3.63) is 41.5 Å². The lowest BCUT2D eigenvalue weighted by molar-refractivity contribution is -0.120. The molecule has 0 aliphatic rings. The molecule has 0 fully saturated rings. The zero-order chi connectivity index (χ0) is 15.2. The highest BCUT2D eigenvalue weighted by Gasteiger charge is 2.16. The number of benzene rings is 1. The van der Waals surface area contributed by atoms with Gasteiger partial charge in [0.15, 0.2) is 0 Å². The van der Waals surface area contributed by atoms with Gasteiger partial charge in [0, 0.05) is 13.0 Å². The number of aromatic amines is 1. The van der Waals surface area contributed by atoms with Crippen molar-refractivity contribution in [1.82, 2.24) is 20.5 Å². The smallest absolute Gasteiger partial charge is 0.233 e. The van der Waals surface area contributed by atoms with Gasteiger partial charge in [0.05, 0.1) is 5.25 Å². The summed E-state index contributed by atoms with van der Waals surface area (Å²) in [7, 11) is 0. The SMILES string of the molecule is CCc1nc(S[C@H](C)C(=O)NCc2ccc(F)cc2)n[nH]1. The second kappa shape index (κ2) is 7.21. The van der Waals surface area contributed by atoms with Crippen LogP contribution in [0.5, 0.6) is 0 Å². The largest absolute Gasteiger partial charge is 0.351 e. The molecule has 0 bridgehead atoms. The summed E-state index contributed by atoms with van der Waals surface area (Å²) in [6, 6.07) is 6.05. The minimum absolute atomic E-state index is 0.104. The van der Waals surface area contributed by atoms with E-state index in [-0.39, 0.29) is 17.0 Å². The third-order valence-corrected chi connectivity index (χ3v) is 3.84. The van der Waals surface area contributed by atoms with Crippen molar-refractivity contribution < 1.29 is 9.18 Å². The van der Waals surface area contributed by atoms with Gasteiger partial charge in [0.25, 0.3) is 0 Å². The van der Waals surface area contributed by atoms with E-state index in [4.69, 9.17) is 0 Å². The summed E-state index contributed by atoms with van der Waals surface area (Å²) in [5, 5.41) is 9.93. The minimum atomic E-state index is -0.300. The molecule has 0 aliphatic carbocycles. The average molecular weight is 308 g/mol. The molecule has 1 amide bonds. The first-order chi connectivity index (χ1) is 10.1. The molecule has 7 heteroatoms. The number of halogens is 1. The van der Waals surface area contributed by atoms with Crippen LogP contribution in [-0.4, -0.2) is 26.3 Å². The number of aryl methyl sites for hydroxylation is 1. The molecule has 0 aliphatic heterocycles. The second-order valence-corrected chi connectivity index (χ2v) is 5.83. The molecule has 0 saturated heterocycles. The number of amides is 1. The normalized spacial score (nSPS) is 12.1. The zero-order valence-electron chi connectivity index (χ0n) is 11.9. The Hall–Kier alpha value is -1.89. The topological polar surface area (TPSA) is 70.7 Å². The Bertz CT molecular complexity index is 599. The van der Waals surface area contributed by atoms with Crippen molar-refractivity contribution >= 4 is 17.7 Å². The molecule has 0 unspecified atom stereocenters. The van der Waals surface area contributed by atoms with Crippen molar-refractivity contribution in [1.29, 1.82) is 0 Å². The van der Waals surface area contributed by atoms with Gasteiger partial charge in [0.1, 0.15) is 11.6 Å². The molecule has 0 radical (unpaired) electrons. The summed E-state index contributed by atoms with van der Waals surface area (Å²) < 4.78 is 12.8. The molecule has 5 nitrogen and oxygen atoms in total. The first-order valence-electron chi connectivity index (χ1n) is 6.68. The Kier molecular flexibility index (Phi) is 5.32. The second-order valence-electron chi connectivity index (χ2n) is 4.52. The molecule has 1 heterocycles. The number of hydrogen-bond donors (Lipinski definition) is 2. The van der Waals surface area contributed by atoms with Crippen LogP contribution in [0.25, 0.3) is 0 Å². The Labute approximate surface area is 126 Å². The van der Waals surface area contributed by atoms with Crippen LogP contribution in [0.1, 0.15) is 25.2 Å². The molecule has 2 aromatic rings. The van der Waals surface area contributed by atoms with E-state index >= 15 is 0 Å². The van der Waals surface area contributed by atoms with E-state index in [9.17, 15) is 9.18 Å². The number of nitrogens with zero attached hydrogens (tertiary/aromatic N) is 2. The maximum absolute atomic E-state index is 12.8. The third kappa shape index (κ3) is 4.56. The molecular formula is C14H17FN4OS. The van der Waals surface area contributed by atoms with Gasteiger partial charge in [-0.2, -0.15) is 0 Å². The van der Waals surface area contributed by atoms with Gasteiger partial charge < -0.3 is 5.32 Å². The van der Waals surface area contributed by atoms with Crippen LogP contribution >= 0.6 is 11.8 Å². The van der Waals surface area contributed by atoms with Gasteiger partial charge in [-0.15, -0.1) is 5.10 Å². The lowest BCUT2D eigenvalue weighted by Gasteiger charge is -2.10. The summed E-state index contributed by atoms with van der Waals surface area (Å²) in [5.41, 5.74) is 0.855. The van der Waals surface area contributed by atoms with Crippen LogP contribution in [0.4, 0.5) is 4.39 Å². The number of aromatic nitrogens is 3. The molecule has 0 saturated carbocycles. The highest BCUT2D eigenvalue weighted by atomic mass is 32.2. The number of hydrogen-bond acceptors (Lipinski definition) is 4. The fourth-order valence-corrected chi connectivity index (χ4v) is 2.40. The van der Waals surface area contributed by atoms with Crippen molar-refractivity contribution in [2.75, 3.05) is 0 Å². The van der Waals surface area contributed by atoms with Gasteiger partial charge in [-0.25, -0.2) is 9.37 Å². The van der Waals surface area contributed by atoms with Crippen LogP contribution in [0.3, 0.4) is 0 Å². The number of rotatable bonds is 6. The van der Waals surface area contributed by atoms with E-state index in [1.165, 1.54) is 23.9 Å². The molecule has 1 aromatic heterocycles. The Balaban J connectivity index is 1.83. The zero-order valence-corrected chi connectivity index (χ0v) is 12.7. The number of carbonyl (C=O) groups is 1. The fourth-order valence-electron chi connectivity index (χ4n) is 1.64. The Morgan fingerprint density at radius 2 is 2.14 bits per heavy atom. The van der Waals surface area contributed by atoms with E-state index in [1.54, 1.807) is 19.1 Å². The van der Waals surface area contributed by atoms with Crippen molar-refractivity contribution in [2.45, 2.75) is 37.2 Å². The van der Waals surface area contributed by atoms with E-state index < -0.39 is 0 Å². The van der Waals surface area contributed by atoms with Crippen molar-refractivity contribution in [3.63, 3.8) is 0 Å². The number of carbonyl (C=O) groups excluding carboxylic acids is 1. The predicted octanol–water partition coefficient (Wildman–Crippen LogP) is 2.30. The summed E-state index contributed by atoms with van der Waals surface area (Å²) in [5.74, 6) is 0.411. The molecule has 2 rings (SSSR count). The van der Waals surface area contributed by atoms with Crippen molar-refractivity contribution in [3.8, 4) is 0 Å². The minimum Gasteiger partial charge on any atom is -0.351 e. The van der Waals surface area contributed by atoms with E-state index in [0.29, 0.717) is 11.7 Å². The summed E-state index contributed by atoms with van der Waals surface area (Å²) in [4.78, 5) is 16.2. The van der Waals surface area contributed by atoms with Gasteiger partial charge in [-0.1, -0.05) is 30.8 Å². The molecular weight excluding hydrogens is 291 g/mol. The first kappa shape index (κ1) is 15.5. The van der Waals surface area contributed by atoms with Crippen LogP contribution in [0.15, 0.2) is 29.4 Å². The number of thioether (sulfide) groups is 1. The van der Waals surface area contributed by atoms with Crippen LogP contribution in [0, 0.1) is 5.82 Å². The van der Waals surface area contributed by atoms with Gasteiger partial charge in [-0.3, -0.25) is 9.89 Å². The molecule has 0 spiro atoms.